The van der Waals surface area contributed by atoms with E-state index in [9.17, 15) is 19.1 Å². The molecule has 1 unspecified atom stereocenters. The highest BCUT2D eigenvalue weighted by atomic mass is 19.1. The first-order chi connectivity index (χ1) is 11.4. The quantitative estimate of drug-likeness (QED) is 0.816. The van der Waals surface area contributed by atoms with E-state index in [0.717, 1.165) is 5.39 Å². The largest absolute Gasteiger partial charge is 0.461 e. The van der Waals surface area contributed by atoms with Gasteiger partial charge in [0.2, 0.25) is 11.8 Å². The third-order valence-corrected chi connectivity index (χ3v) is 4.69. The molecular weight excluding hydrogens is 315 g/mol. The van der Waals surface area contributed by atoms with Crippen molar-refractivity contribution in [3.63, 3.8) is 0 Å². The number of aliphatic hydroxyl groups excluding tert-OH is 1. The number of nitrogens with zero attached hydrogens (tertiary/aromatic N) is 1. The zero-order valence-corrected chi connectivity index (χ0v) is 13.1. The summed E-state index contributed by atoms with van der Waals surface area (Å²) in [5.74, 6) is -1.48. The van der Waals surface area contributed by atoms with Gasteiger partial charge in [0.05, 0.1) is 17.7 Å². The van der Waals surface area contributed by atoms with Crippen LogP contribution in [-0.2, 0) is 9.59 Å². The molecule has 1 atom stereocenters. The maximum absolute atomic E-state index is 14.8. The first-order valence-electron chi connectivity index (χ1n) is 7.93. The molecule has 0 spiro atoms. The van der Waals surface area contributed by atoms with Crippen molar-refractivity contribution in [2.45, 2.75) is 31.8 Å². The lowest BCUT2D eigenvalue weighted by atomic mass is 9.88. The molecule has 3 heterocycles. The molecule has 2 saturated heterocycles. The van der Waals surface area contributed by atoms with E-state index in [1.165, 1.54) is 6.07 Å². The van der Waals surface area contributed by atoms with Crippen molar-refractivity contribution in [2.24, 2.45) is 0 Å². The van der Waals surface area contributed by atoms with Gasteiger partial charge in [0.1, 0.15) is 17.2 Å². The van der Waals surface area contributed by atoms with Crippen LogP contribution in [0.1, 0.15) is 30.1 Å². The summed E-state index contributed by atoms with van der Waals surface area (Å²) in [6.07, 6.45) is 0.0286. The van der Waals surface area contributed by atoms with E-state index < -0.39 is 23.7 Å². The van der Waals surface area contributed by atoms with Gasteiger partial charge in [0.15, 0.2) is 0 Å². The first-order valence-corrected chi connectivity index (χ1v) is 7.93. The summed E-state index contributed by atoms with van der Waals surface area (Å²) in [5.41, 5.74) is 1.20. The van der Waals surface area contributed by atoms with E-state index in [2.05, 4.69) is 5.32 Å². The van der Waals surface area contributed by atoms with Crippen LogP contribution >= 0.6 is 0 Å². The van der Waals surface area contributed by atoms with Crippen molar-refractivity contribution in [3.05, 3.63) is 29.3 Å². The van der Waals surface area contributed by atoms with Gasteiger partial charge in [0.25, 0.3) is 0 Å². The number of amides is 2. The Morgan fingerprint density at radius 2 is 2.08 bits per heavy atom. The zero-order chi connectivity index (χ0) is 17.0. The summed E-state index contributed by atoms with van der Waals surface area (Å²) < 4.78 is 20.5. The third-order valence-electron chi connectivity index (χ3n) is 4.69. The summed E-state index contributed by atoms with van der Waals surface area (Å²) >= 11 is 0. The van der Waals surface area contributed by atoms with Crippen LogP contribution < -0.4 is 10.2 Å². The van der Waals surface area contributed by atoms with Gasteiger partial charge < -0.3 is 14.4 Å². The minimum absolute atomic E-state index is 0.178. The van der Waals surface area contributed by atoms with Gasteiger partial charge in [-0.2, -0.15) is 0 Å². The summed E-state index contributed by atoms with van der Waals surface area (Å²) in [6.45, 7) is 2.65. The van der Waals surface area contributed by atoms with E-state index in [1.807, 2.05) is 11.0 Å². The molecule has 24 heavy (non-hydrogen) atoms. The fourth-order valence-electron chi connectivity index (χ4n) is 3.50. The number of hydrogen-bond donors (Lipinski definition) is 2. The Balaban J connectivity index is 1.85. The molecule has 2 aromatic rings. The Kier molecular flexibility index (Phi) is 3.35. The molecule has 6 nitrogen and oxygen atoms in total. The summed E-state index contributed by atoms with van der Waals surface area (Å²) in [7, 11) is 0. The molecule has 0 radical (unpaired) electrons. The number of nitrogens with one attached hydrogen (secondary N) is 1. The molecule has 2 N–H and O–H groups in total. The maximum atomic E-state index is 14.8. The number of furan rings is 1. The standard InChI is InChI=1S/C17H17FN2O4/c1-8-4-11-13(20-6-9(21)7-20)5-12(18)15(16(11)24-8)10-2-3-14(22)19-17(10)23/h4-5,9-10,21H,2-3,6-7H2,1H3,(H,19,22,23). The molecule has 1 aromatic heterocycles. The van der Waals surface area contributed by atoms with Crippen molar-refractivity contribution in [1.82, 2.24) is 5.32 Å². The molecule has 0 bridgehead atoms. The number of aliphatic hydroxyl groups is 1. The second-order valence-corrected chi connectivity index (χ2v) is 6.45. The number of fused-ring (bicyclic) bond motifs is 1. The number of aryl methyl sites for hydroxylation is 1. The number of imide groups is 1. The van der Waals surface area contributed by atoms with E-state index in [0.29, 0.717) is 30.1 Å². The Labute approximate surface area is 137 Å². The number of carbonyl (C=O) groups is 2. The van der Waals surface area contributed by atoms with Crippen molar-refractivity contribution < 1.29 is 23.5 Å². The summed E-state index contributed by atoms with van der Waals surface area (Å²) in [4.78, 5) is 25.4. The van der Waals surface area contributed by atoms with Crippen molar-refractivity contribution >= 4 is 28.5 Å². The van der Waals surface area contributed by atoms with Crippen molar-refractivity contribution in [3.8, 4) is 0 Å². The fourth-order valence-corrected chi connectivity index (χ4v) is 3.50. The number of hydrogen-bond acceptors (Lipinski definition) is 5. The lowest BCUT2D eigenvalue weighted by Crippen LogP contribution is -2.51. The summed E-state index contributed by atoms with van der Waals surface area (Å²) in [6, 6.07) is 3.20. The average Bonchev–Trinajstić information content (AvgIpc) is 2.86. The van der Waals surface area contributed by atoms with Gasteiger partial charge >= 0.3 is 0 Å². The predicted molar refractivity (Wildman–Crippen MR) is 84.3 cm³/mol. The van der Waals surface area contributed by atoms with Crippen LogP contribution in [0.25, 0.3) is 11.0 Å². The average molecular weight is 332 g/mol. The molecule has 126 valence electrons. The Bertz CT molecular complexity index is 854. The van der Waals surface area contributed by atoms with Crippen molar-refractivity contribution in [1.29, 1.82) is 0 Å². The van der Waals surface area contributed by atoms with Crippen LogP contribution in [0.2, 0.25) is 0 Å². The highest BCUT2D eigenvalue weighted by Crippen LogP contribution is 2.40. The van der Waals surface area contributed by atoms with Crippen molar-refractivity contribution in [2.75, 3.05) is 18.0 Å². The number of anilines is 1. The topological polar surface area (TPSA) is 82.8 Å². The minimum Gasteiger partial charge on any atom is -0.461 e. The molecule has 2 aliphatic rings. The van der Waals surface area contributed by atoms with Crippen LogP contribution in [0.15, 0.2) is 16.5 Å². The van der Waals surface area contributed by atoms with Gasteiger partial charge in [-0.25, -0.2) is 4.39 Å². The normalized spacial score (nSPS) is 22.0. The number of halogens is 1. The Hall–Kier alpha value is -2.41. The van der Waals surface area contributed by atoms with Gasteiger partial charge in [-0.1, -0.05) is 0 Å². The van der Waals surface area contributed by atoms with E-state index in [4.69, 9.17) is 4.42 Å². The number of benzene rings is 1. The molecule has 0 saturated carbocycles. The monoisotopic (exact) mass is 332 g/mol. The molecular formula is C17H17FN2O4. The predicted octanol–water partition coefficient (Wildman–Crippen LogP) is 1.58. The lowest BCUT2D eigenvalue weighted by molar-refractivity contribution is -0.134. The fraction of sp³-hybridized carbons (Fsp3) is 0.412. The lowest BCUT2D eigenvalue weighted by Gasteiger charge is -2.38. The van der Waals surface area contributed by atoms with Crippen LogP contribution in [0.3, 0.4) is 0 Å². The molecule has 4 rings (SSSR count). The molecule has 1 aromatic carbocycles. The highest BCUT2D eigenvalue weighted by Gasteiger charge is 2.35. The molecule has 2 aliphatic heterocycles. The van der Waals surface area contributed by atoms with E-state index in [1.54, 1.807) is 6.92 Å². The third kappa shape index (κ3) is 2.27. The first kappa shape index (κ1) is 15.1. The second kappa shape index (κ2) is 5.31. The van der Waals surface area contributed by atoms with Crippen LogP contribution in [0.5, 0.6) is 0 Å². The maximum Gasteiger partial charge on any atom is 0.234 e. The number of rotatable bonds is 2. The summed E-state index contributed by atoms with van der Waals surface area (Å²) in [5, 5.41) is 12.5. The van der Waals surface area contributed by atoms with Crippen LogP contribution in [0.4, 0.5) is 10.1 Å². The SMILES string of the molecule is Cc1cc2c(N3CC(O)C3)cc(F)c(C3CCC(=O)NC3=O)c2o1. The van der Waals surface area contributed by atoms with Crippen LogP contribution in [-0.4, -0.2) is 36.1 Å². The van der Waals surface area contributed by atoms with Gasteiger partial charge in [-0.3, -0.25) is 14.9 Å². The van der Waals surface area contributed by atoms with E-state index >= 15 is 0 Å². The van der Waals surface area contributed by atoms with Gasteiger partial charge in [-0.05, 0) is 25.5 Å². The smallest absolute Gasteiger partial charge is 0.234 e. The molecule has 2 fully saturated rings. The van der Waals surface area contributed by atoms with Gasteiger partial charge in [-0.15, -0.1) is 0 Å². The molecule has 2 amide bonds. The Morgan fingerprint density at radius 1 is 1.33 bits per heavy atom. The molecule has 0 aliphatic carbocycles. The zero-order valence-electron chi connectivity index (χ0n) is 13.1. The molecule has 7 heteroatoms. The number of piperidine rings is 1. The number of carbonyl (C=O) groups excluding carboxylic acids is 2. The second-order valence-electron chi connectivity index (χ2n) is 6.45. The van der Waals surface area contributed by atoms with Crippen LogP contribution in [0, 0.1) is 12.7 Å². The van der Waals surface area contributed by atoms with Gasteiger partial charge in [0, 0.05) is 30.5 Å². The highest BCUT2D eigenvalue weighted by molar-refractivity contribution is 6.04. The van der Waals surface area contributed by atoms with E-state index in [-0.39, 0.29) is 24.3 Å². The Morgan fingerprint density at radius 3 is 2.75 bits per heavy atom. The minimum atomic E-state index is -0.744. The number of β-amino-alcohol motifs (C(OH)–C–C–N with tert-alkyl or cyclic N) is 1.